The minimum atomic E-state index is -3.95. The van der Waals surface area contributed by atoms with E-state index in [2.05, 4.69) is 15.3 Å². The van der Waals surface area contributed by atoms with E-state index in [1.165, 1.54) is 0 Å². The third kappa shape index (κ3) is 5.53. The Morgan fingerprint density at radius 3 is 2.45 bits per heavy atom. The Morgan fingerprint density at radius 2 is 1.77 bits per heavy atom. The van der Waals surface area contributed by atoms with Crippen molar-refractivity contribution in [3.8, 4) is 11.3 Å². The standard InChI is InChI=1S/C28H29F2N5O4S/c1-17-6-3-4-7-19(17)24-15-32-26(16-31-24)35-11-9-18(12-27(35)36)34-10-5-8-22(28(34)37)33-23-13-21(30)25(14-20(23)29)40(2,38)39/h3-4,6-7,13-16,18,22,33H,5,8-12H2,1-2H3. The molecule has 3 heterocycles. The number of piperidine rings is 2. The van der Waals surface area contributed by atoms with Crippen LogP contribution in [0.1, 0.15) is 31.2 Å². The fourth-order valence-electron chi connectivity index (χ4n) is 5.29. The van der Waals surface area contributed by atoms with E-state index in [-0.39, 0.29) is 30.0 Å². The van der Waals surface area contributed by atoms with E-state index in [1.54, 1.807) is 22.2 Å². The fraction of sp³-hybridized carbons (Fsp3) is 0.357. The number of hydrogen-bond acceptors (Lipinski definition) is 7. The smallest absolute Gasteiger partial charge is 0.245 e. The van der Waals surface area contributed by atoms with Gasteiger partial charge in [-0.2, -0.15) is 0 Å². The molecule has 0 aliphatic carbocycles. The van der Waals surface area contributed by atoms with Crippen molar-refractivity contribution >= 4 is 33.2 Å². The van der Waals surface area contributed by atoms with Crippen LogP contribution in [-0.2, 0) is 19.4 Å². The molecule has 2 fully saturated rings. The molecule has 1 aromatic heterocycles. The van der Waals surface area contributed by atoms with Crippen molar-refractivity contribution in [3.05, 3.63) is 66.0 Å². The van der Waals surface area contributed by atoms with E-state index < -0.39 is 32.4 Å². The molecule has 2 aliphatic heterocycles. The summed E-state index contributed by atoms with van der Waals surface area (Å²) >= 11 is 0. The molecule has 2 unspecified atom stereocenters. The summed E-state index contributed by atoms with van der Waals surface area (Å²) in [6, 6.07) is 8.03. The lowest BCUT2D eigenvalue weighted by Gasteiger charge is -2.41. The number of nitrogens with one attached hydrogen (secondary N) is 1. The number of sulfone groups is 1. The molecule has 12 heteroatoms. The van der Waals surface area contributed by atoms with Gasteiger partial charge >= 0.3 is 0 Å². The number of benzene rings is 2. The zero-order valence-electron chi connectivity index (χ0n) is 22.1. The highest BCUT2D eigenvalue weighted by Crippen LogP contribution is 2.29. The normalized spacial score (nSPS) is 20.1. The molecule has 0 bridgehead atoms. The summed E-state index contributed by atoms with van der Waals surface area (Å²) in [5.41, 5.74) is 2.46. The van der Waals surface area contributed by atoms with E-state index in [0.717, 1.165) is 23.4 Å². The maximum atomic E-state index is 14.6. The SMILES string of the molecule is Cc1ccccc1-c1cnc(N2CCC(N3CCCC(Nc4cc(F)c(S(C)(=O)=O)cc4F)C3=O)CC2=O)cn1. The largest absolute Gasteiger partial charge is 0.371 e. The second kappa shape index (κ2) is 10.9. The number of amides is 2. The molecule has 0 radical (unpaired) electrons. The van der Waals surface area contributed by atoms with Crippen molar-refractivity contribution in [3.63, 3.8) is 0 Å². The van der Waals surface area contributed by atoms with Crippen molar-refractivity contribution < 1.29 is 26.8 Å². The van der Waals surface area contributed by atoms with E-state index in [1.807, 2.05) is 31.2 Å². The van der Waals surface area contributed by atoms with Crippen LogP contribution in [0.25, 0.3) is 11.3 Å². The molecule has 2 aromatic carbocycles. The third-order valence-corrected chi connectivity index (χ3v) is 8.51. The summed E-state index contributed by atoms with van der Waals surface area (Å²) in [7, 11) is -3.95. The molecule has 0 saturated carbocycles. The average molecular weight is 570 g/mol. The number of likely N-dealkylation sites (tertiary alicyclic amines) is 1. The first kappa shape index (κ1) is 27.6. The van der Waals surface area contributed by atoms with Crippen molar-refractivity contribution in [2.24, 2.45) is 0 Å². The summed E-state index contributed by atoms with van der Waals surface area (Å²) in [6.45, 7) is 2.80. The van der Waals surface area contributed by atoms with Gasteiger partial charge in [-0.25, -0.2) is 22.2 Å². The van der Waals surface area contributed by atoms with Crippen molar-refractivity contribution in [1.29, 1.82) is 0 Å². The Hall–Kier alpha value is -3.93. The molecule has 1 N–H and O–H groups in total. The van der Waals surface area contributed by atoms with Crippen molar-refractivity contribution in [2.75, 3.05) is 29.6 Å². The first-order chi connectivity index (χ1) is 19.0. The highest BCUT2D eigenvalue weighted by molar-refractivity contribution is 7.90. The van der Waals surface area contributed by atoms with Gasteiger partial charge in [0.1, 0.15) is 22.6 Å². The van der Waals surface area contributed by atoms with Gasteiger partial charge in [0.15, 0.2) is 15.7 Å². The molecule has 3 aromatic rings. The Bertz CT molecular complexity index is 1570. The van der Waals surface area contributed by atoms with Crippen LogP contribution in [0.5, 0.6) is 0 Å². The molecule has 40 heavy (non-hydrogen) atoms. The third-order valence-electron chi connectivity index (χ3n) is 7.40. The summed E-state index contributed by atoms with van der Waals surface area (Å²) in [5, 5.41) is 2.74. The lowest BCUT2D eigenvalue weighted by molar-refractivity contribution is -0.138. The molecular weight excluding hydrogens is 540 g/mol. The van der Waals surface area contributed by atoms with Crippen LogP contribution < -0.4 is 10.2 Å². The molecule has 0 spiro atoms. The monoisotopic (exact) mass is 569 g/mol. The highest BCUT2D eigenvalue weighted by Gasteiger charge is 2.38. The predicted octanol–water partition coefficient (Wildman–Crippen LogP) is 3.73. The minimum Gasteiger partial charge on any atom is -0.371 e. The van der Waals surface area contributed by atoms with Gasteiger partial charge in [-0.05, 0) is 37.8 Å². The van der Waals surface area contributed by atoms with Gasteiger partial charge in [0.25, 0.3) is 0 Å². The number of aromatic nitrogens is 2. The number of anilines is 2. The Morgan fingerprint density at radius 1 is 1.00 bits per heavy atom. The van der Waals surface area contributed by atoms with E-state index in [0.29, 0.717) is 49.9 Å². The lowest BCUT2D eigenvalue weighted by atomic mass is 9.96. The number of carbonyl (C=O) groups excluding carboxylic acids is 2. The maximum absolute atomic E-state index is 14.6. The quantitative estimate of drug-likeness (QED) is 0.481. The van der Waals surface area contributed by atoms with Gasteiger partial charge in [0, 0.05) is 43.4 Å². The van der Waals surface area contributed by atoms with Gasteiger partial charge in [0.2, 0.25) is 11.8 Å². The maximum Gasteiger partial charge on any atom is 0.245 e. The zero-order chi connectivity index (χ0) is 28.6. The highest BCUT2D eigenvalue weighted by atomic mass is 32.2. The molecule has 210 valence electrons. The summed E-state index contributed by atoms with van der Waals surface area (Å²) in [6.07, 6.45) is 5.64. The number of nitrogens with zero attached hydrogens (tertiary/aromatic N) is 4. The minimum absolute atomic E-state index is 0.103. The van der Waals surface area contributed by atoms with E-state index in [9.17, 15) is 26.8 Å². The first-order valence-corrected chi connectivity index (χ1v) is 14.9. The Labute approximate surface area is 231 Å². The summed E-state index contributed by atoms with van der Waals surface area (Å²) in [5.74, 6) is -2.11. The molecule has 2 amide bonds. The van der Waals surface area contributed by atoms with Gasteiger partial charge in [-0.1, -0.05) is 24.3 Å². The zero-order valence-corrected chi connectivity index (χ0v) is 22.9. The van der Waals surface area contributed by atoms with Crippen LogP contribution in [0.3, 0.4) is 0 Å². The Kier molecular flexibility index (Phi) is 7.54. The fourth-order valence-corrected chi connectivity index (χ4v) is 6.02. The number of rotatable bonds is 6. The van der Waals surface area contributed by atoms with E-state index in [4.69, 9.17) is 0 Å². The van der Waals surface area contributed by atoms with Crippen molar-refractivity contribution in [2.45, 2.75) is 49.6 Å². The average Bonchev–Trinajstić information content (AvgIpc) is 2.91. The first-order valence-electron chi connectivity index (χ1n) is 13.0. The van der Waals surface area contributed by atoms with Gasteiger partial charge in [0.05, 0.1) is 23.8 Å². The molecule has 2 aliphatic rings. The Balaban J connectivity index is 1.25. The van der Waals surface area contributed by atoms with Crippen LogP contribution in [-0.4, -0.2) is 66.5 Å². The van der Waals surface area contributed by atoms with E-state index >= 15 is 0 Å². The number of halogens is 2. The number of carbonyl (C=O) groups is 2. The van der Waals surface area contributed by atoms with Gasteiger partial charge in [-0.3, -0.25) is 19.5 Å². The number of hydrogen-bond donors (Lipinski definition) is 1. The number of aryl methyl sites for hydroxylation is 1. The van der Waals surface area contributed by atoms with Crippen LogP contribution in [0.4, 0.5) is 20.3 Å². The van der Waals surface area contributed by atoms with Crippen molar-refractivity contribution in [1.82, 2.24) is 14.9 Å². The summed E-state index contributed by atoms with van der Waals surface area (Å²) < 4.78 is 52.3. The second-order valence-corrected chi connectivity index (χ2v) is 12.2. The topological polar surface area (TPSA) is 113 Å². The molecule has 2 saturated heterocycles. The van der Waals surface area contributed by atoms with Gasteiger partial charge in [-0.15, -0.1) is 0 Å². The predicted molar refractivity (Wildman–Crippen MR) is 145 cm³/mol. The van der Waals surface area contributed by atoms with Crippen LogP contribution >= 0.6 is 0 Å². The molecule has 2 atom stereocenters. The lowest BCUT2D eigenvalue weighted by Crippen LogP contribution is -2.56. The summed E-state index contributed by atoms with van der Waals surface area (Å²) in [4.78, 5) is 37.8. The molecule has 9 nitrogen and oxygen atoms in total. The molecular formula is C28H29F2N5O4S. The van der Waals surface area contributed by atoms with Gasteiger partial charge < -0.3 is 10.2 Å². The van der Waals surface area contributed by atoms with Crippen LogP contribution in [0.15, 0.2) is 53.7 Å². The van der Waals surface area contributed by atoms with Crippen LogP contribution in [0, 0.1) is 18.6 Å². The molecule has 5 rings (SSSR count). The second-order valence-electron chi connectivity index (χ2n) is 10.2. The van der Waals surface area contributed by atoms with Crippen LogP contribution in [0.2, 0.25) is 0 Å².